The summed E-state index contributed by atoms with van der Waals surface area (Å²) in [5.41, 5.74) is 0.239. The number of hydrogen-bond donors (Lipinski definition) is 0. The number of anilines is 1. The Kier molecular flexibility index (Phi) is 4.06. The maximum atomic E-state index is 13.0. The summed E-state index contributed by atoms with van der Waals surface area (Å²) in [5, 5.41) is 0.634. The molecule has 144 valence electrons. The lowest BCUT2D eigenvalue weighted by Gasteiger charge is -2.25. The molecular weight excluding hydrogens is 361 g/mol. The van der Waals surface area contributed by atoms with Crippen molar-refractivity contribution in [3.8, 4) is 0 Å². The van der Waals surface area contributed by atoms with Gasteiger partial charge in [0.2, 0.25) is 0 Å². The largest absolute Gasteiger partial charge is 0.468 e. The molecule has 1 aromatic carbocycles. The van der Waals surface area contributed by atoms with Gasteiger partial charge in [0.25, 0.3) is 0 Å². The molecule has 0 saturated carbocycles. The van der Waals surface area contributed by atoms with E-state index in [-0.39, 0.29) is 11.9 Å². The van der Waals surface area contributed by atoms with Crippen molar-refractivity contribution < 1.29 is 27.4 Å². The molecule has 8 heteroatoms. The minimum absolute atomic E-state index is 0.0112. The fraction of sp³-hybridized carbons (Fsp3) is 0.474. The van der Waals surface area contributed by atoms with Crippen molar-refractivity contribution in [2.24, 2.45) is 11.3 Å². The molecule has 2 aliphatic heterocycles. The highest BCUT2D eigenvalue weighted by atomic mass is 19.4. The minimum atomic E-state index is -4.42. The number of esters is 1. The number of aryl methyl sites for hydroxylation is 1. The van der Waals surface area contributed by atoms with Gasteiger partial charge in [-0.3, -0.25) is 9.78 Å². The van der Waals surface area contributed by atoms with E-state index in [1.165, 1.54) is 13.2 Å². The number of benzene rings is 1. The highest BCUT2D eigenvalue weighted by Gasteiger charge is 2.57. The van der Waals surface area contributed by atoms with E-state index in [4.69, 9.17) is 9.47 Å². The molecule has 1 aromatic heterocycles. The number of rotatable bonds is 2. The second-order valence-corrected chi connectivity index (χ2v) is 7.25. The summed E-state index contributed by atoms with van der Waals surface area (Å²) in [6.07, 6.45) is -4.42. The third-order valence-electron chi connectivity index (χ3n) is 5.55. The lowest BCUT2D eigenvalue weighted by Crippen LogP contribution is -2.40. The van der Waals surface area contributed by atoms with Gasteiger partial charge in [-0.05, 0) is 25.1 Å². The van der Waals surface area contributed by atoms with Crippen LogP contribution in [-0.4, -0.2) is 44.4 Å². The van der Waals surface area contributed by atoms with Gasteiger partial charge in [0.15, 0.2) is 0 Å². The number of aromatic nitrogens is 1. The van der Waals surface area contributed by atoms with E-state index in [1.54, 1.807) is 6.92 Å². The highest BCUT2D eigenvalue weighted by molar-refractivity contribution is 5.93. The van der Waals surface area contributed by atoms with Crippen molar-refractivity contribution in [3.63, 3.8) is 0 Å². The van der Waals surface area contributed by atoms with Crippen LogP contribution in [0.15, 0.2) is 24.3 Å². The normalized spacial score (nSPS) is 25.1. The van der Waals surface area contributed by atoms with E-state index in [1.807, 2.05) is 11.0 Å². The van der Waals surface area contributed by atoms with Crippen LogP contribution in [0.5, 0.6) is 0 Å². The monoisotopic (exact) mass is 380 g/mol. The van der Waals surface area contributed by atoms with Crippen LogP contribution < -0.4 is 4.90 Å². The average Bonchev–Trinajstić information content (AvgIpc) is 3.17. The average molecular weight is 380 g/mol. The summed E-state index contributed by atoms with van der Waals surface area (Å²) in [5.74, 6) is -0.315. The predicted molar refractivity (Wildman–Crippen MR) is 92.5 cm³/mol. The molecule has 4 rings (SSSR count). The smallest absolute Gasteiger partial charge is 0.416 e. The van der Waals surface area contributed by atoms with Crippen molar-refractivity contribution in [1.82, 2.24) is 4.98 Å². The Morgan fingerprint density at radius 2 is 2.15 bits per heavy atom. The van der Waals surface area contributed by atoms with E-state index in [0.29, 0.717) is 42.9 Å². The first-order valence-corrected chi connectivity index (χ1v) is 8.64. The van der Waals surface area contributed by atoms with Crippen LogP contribution in [0.4, 0.5) is 18.9 Å². The van der Waals surface area contributed by atoms with Crippen molar-refractivity contribution >= 4 is 22.6 Å². The highest BCUT2D eigenvalue weighted by Crippen LogP contribution is 2.45. The molecule has 5 nitrogen and oxygen atoms in total. The van der Waals surface area contributed by atoms with E-state index < -0.39 is 17.2 Å². The quantitative estimate of drug-likeness (QED) is 0.749. The molecule has 0 N–H and O–H groups in total. The van der Waals surface area contributed by atoms with Crippen LogP contribution in [-0.2, 0) is 20.4 Å². The Balaban J connectivity index is 1.77. The second kappa shape index (κ2) is 6.09. The number of carbonyl (C=O) groups is 1. The van der Waals surface area contributed by atoms with E-state index in [9.17, 15) is 18.0 Å². The van der Waals surface area contributed by atoms with E-state index in [0.717, 1.165) is 17.8 Å². The number of halogens is 3. The summed E-state index contributed by atoms with van der Waals surface area (Å²) < 4.78 is 49.7. The van der Waals surface area contributed by atoms with Crippen LogP contribution in [0.3, 0.4) is 0 Å². The molecule has 0 aliphatic carbocycles. The van der Waals surface area contributed by atoms with Gasteiger partial charge in [0.05, 0.1) is 31.4 Å². The van der Waals surface area contributed by atoms with Gasteiger partial charge in [-0.25, -0.2) is 0 Å². The van der Waals surface area contributed by atoms with Crippen molar-refractivity contribution in [2.75, 3.05) is 38.3 Å². The summed E-state index contributed by atoms with van der Waals surface area (Å²) in [7, 11) is 1.36. The first-order chi connectivity index (χ1) is 12.7. The number of fused-ring (bicyclic) bond motifs is 2. The summed E-state index contributed by atoms with van der Waals surface area (Å²) in [4.78, 5) is 18.7. The van der Waals surface area contributed by atoms with Crippen LogP contribution >= 0.6 is 0 Å². The molecule has 3 heterocycles. The Morgan fingerprint density at radius 1 is 1.37 bits per heavy atom. The number of hydrogen-bond acceptors (Lipinski definition) is 5. The zero-order valence-electron chi connectivity index (χ0n) is 15.0. The topological polar surface area (TPSA) is 51.7 Å². The molecule has 0 amide bonds. The van der Waals surface area contributed by atoms with E-state index in [2.05, 4.69) is 4.98 Å². The fourth-order valence-corrected chi connectivity index (χ4v) is 4.19. The zero-order chi connectivity index (χ0) is 19.4. The molecule has 0 radical (unpaired) electrons. The van der Waals surface area contributed by atoms with Gasteiger partial charge in [-0.2, -0.15) is 13.2 Å². The Bertz CT molecular complexity index is 915. The minimum Gasteiger partial charge on any atom is -0.468 e. The predicted octanol–water partition coefficient (Wildman–Crippen LogP) is 3.19. The number of alkyl halides is 3. The van der Waals surface area contributed by atoms with Crippen LogP contribution in [0.1, 0.15) is 11.3 Å². The lowest BCUT2D eigenvalue weighted by atomic mass is 9.81. The maximum Gasteiger partial charge on any atom is 0.416 e. The van der Waals surface area contributed by atoms with Gasteiger partial charge in [-0.1, -0.05) is 6.07 Å². The molecular formula is C19H19F3N2O3. The van der Waals surface area contributed by atoms with Gasteiger partial charge in [-0.15, -0.1) is 0 Å². The van der Waals surface area contributed by atoms with Crippen LogP contribution in [0.2, 0.25) is 0 Å². The van der Waals surface area contributed by atoms with Gasteiger partial charge in [0, 0.05) is 35.8 Å². The third-order valence-corrected chi connectivity index (χ3v) is 5.55. The molecule has 2 atom stereocenters. The Hall–Kier alpha value is -2.35. The van der Waals surface area contributed by atoms with E-state index >= 15 is 0 Å². The number of ether oxygens (including phenoxy) is 2. The van der Waals surface area contributed by atoms with Gasteiger partial charge < -0.3 is 14.4 Å². The van der Waals surface area contributed by atoms with Gasteiger partial charge >= 0.3 is 12.1 Å². The molecule has 2 fully saturated rings. The van der Waals surface area contributed by atoms with Crippen LogP contribution in [0.25, 0.3) is 10.9 Å². The number of methoxy groups -OCH3 is 1. The maximum absolute atomic E-state index is 13.0. The number of carbonyl (C=O) groups excluding carboxylic acids is 1. The first kappa shape index (κ1) is 18.0. The molecule has 2 aliphatic rings. The molecule has 0 spiro atoms. The fourth-order valence-electron chi connectivity index (χ4n) is 4.19. The molecule has 0 bridgehead atoms. The third kappa shape index (κ3) is 2.82. The molecule has 2 saturated heterocycles. The van der Waals surface area contributed by atoms with Gasteiger partial charge in [0.1, 0.15) is 5.41 Å². The molecule has 27 heavy (non-hydrogen) atoms. The number of nitrogens with zero attached hydrogens (tertiary/aromatic N) is 2. The summed E-state index contributed by atoms with van der Waals surface area (Å²) in [6.45, 7) is 3.49. The molecule has 0 unspecified atom stereocenters. The Morgan fingerprint density at radius 3 is 2.85 bits per heavy atom. The van der Waals surface area contributed by atoms with Crippen molar-refractivity contribution in [1.29, 1.82) is 0 Å². The zero-order valence-corrected chi connectivity index (χ0v) is 15.0. The van der Waals surface area contributed by atoms with Crippen molar-refractivity contribution in [2.45, 2.75) is 13.1 Å². The SMILES string of the molecule is COC(=O)[C@@]12COC[C@@H]1CN(c1cc(C)nc3cc(C(F)(F)F)ccc13)C2. The Labute approximate surface area is 154 Å². The van der Waals surface area contributed by atoms with Crippen LogP contribution in [0, 0.1) is 18.3 Å². The summed E-state index contributed by atoms with van der Waals surface area (Å²) in [6, 6.07) is 5.44. The van der Waals surface area contributed by atoms with Crippen molar-refractivity contribution in [3.05, 3.63) is 35.5 Å². The second-order valence-electron chi connectivity index (χ2n) is 7.25. The summed E-state index contributed by atoms with van der Waals surface area (Å²) >= 11 is 0. The molecule has 2 aromatic rings. The first-order valence-electron chi connectivity index (χ1n) is 8.64. The standard InChI is InChI=1S/C19H19F3N2O3/c1-11-5-16(14-4-3-12(19(20,21)22)6-15(14)23-11)24-7-13-8-27-10-18(13,9-24)17(25)26-2/h3-6,13H,7-10H2,1-2H3/t13-,18-/m0/s1. The lowest BCUT2D eigenvalue weighted by molar-refractivity contribution is -0.152. The number of pyridine rings is 1.